The van der Waals surface area contributed by atoms with Crippen molar-refractivity contribution in [2.75, 3.05) is 32.7 Å². The highest BCUT2D eigenvalue weighted by Gasteiger charge is 2.30. The summed E-state index contributed by atoms with van der Waals surface area (Å²) < 4.78 is 2.03. The van der Waals surface area contributed by atoms with E-state index >= 15 is 0 Å². The Morgan fingerprint density at radius 3 is 2.62 bits per heavy atom. The molecule has 1 N–H and O–H groups in total. The van der Waals surface area contributed by atoms with Crippen molar-refractivity contribution < 1.29 is 0 Å². The summed E-state index contributed by atoms with van der Waals surface area (Å²) in [5.74, 6) is 3.72. The van der Waals surface area contributed by atoms with E-state index in [0.29, 0.717) is 12.6 Å². The van der Waals surface area contributed by atoms with Crippen LogP contribution in [0.4, 0.5) is 0 Å². The minimum Gasteiger partial charge on any atom is -0.353 e. The number of guanidine groups is 1. The number of rotatable bonds is 5. The number of aromatic nitrogens is 3. The lowest BCUT2D eigenvalue weighted by atomic mass is 10.1. The zero-order valence-corrected chi connectivity index (χ0v) is 16.3. The summed E-state index contributed by atoms with van der Waals surface area (Å²) in [5, 5.41) is 12.1. The van der Waals surface area contributed by atoms with Crippen LogP contribution in [0.3, 0.4) is 0 Å². The second-order valence-electron chi connectivity index (χ2n) is 8.24. The Bertz CT molecular complexity index is 628. The molecule has 3 aliphatic rings. The number of nitrogens with one attached hydrogen (secondary N) is 1. The van der Waals surface area contributed by atoms with E-state index in [1.165, 1.54) is 58.2 Å². The molecule has 1 aliphatic carbocycles. The van der Waals surface area contributed by atoms with Gasteiger partial charge >= 0.3 is 0 Å². The maximum atomic E-state index is 4.91. The van der Waals surface area contributed by atoms with Gasteiger partial charge in [0.2, 0.25) is 0 Å². The molecule has 0 bridgehead atoms. The Hall–Kier alpha value is -1.63. The van der Waals surface area contributed by atoms with Crippen LogP contribution in [0.15, 0.2) is 4.99 Å². The molecular formula is C19H33N7. The van der Waals surface area contributed by atoms with Gasteiger partial charge in [-0.05, 0) is 58.0 Å². The highest BCUT2D eigenvalue weighted by molar-refractivity contribution is 5.80. The second-order valence-corrected chi connectivity index (χ2v) is 8.24. The summed E-state index contributed by atoms with van der Waals surface area (Å²) in [5.41, 5.74) is 0. The predicted molar refractivity (Wildman–Crippen MR) is 103 cm³/mol. The van der Waals surface area contributed by atoms with E-state index in [1.807, 2.05) is 18.5 Å². The molecule has 4 rings (SSSR count). The van der Waals surface area contributed by atoms with Crippen molar-refractivity contribution in [1.82, 2.24) is 29.9 Å². The zero-order valence-electron chi connectivity index (χ0n) is 16.3. The van der Waals surface area contributed by atoms with Crippen molar-refractivity contribution in [2.24, 2.45) is 18.0 Å². The Kier molecular flexibility index (Phi) is 5.43. The van der Waals surface area contributed by atoms with E-state index in [-0.39, 0.29) is 0 Å². The van der Waals surface area contributed by atoms with Crippen molar-refractivity contribution in [3.63, 3.8) is 0 Å². The minimum absolute atomic E-state index is 0.597. The highest BCUT2D eigenvalue weighted by Crippen LogP contribution is 2.23. The van der Waals surface area contributed by atoms with Gasteiger partial charge in [-0.3, -0.25) is 0 Å². The van der Waals surface area contributed by atoms with Crippen LogP contribution >= 0.6 is 0 Å². The molecule has 2 saturated heterocycles. The quantitative estimate of drug-likeness (QED) is 0.638. The van der Waals surface area contributed by atoms with Gasteiger partial charge in [0.05, 0.1) is 0 Å². The second kappa shape index (κ2) is 7.94. The molecule has 1 saturated carbocycles. The lowest BCUT2D eigenvalue weighted by molar-refractivity contribution is 0.198. The van der Waals surface area contributed by atoms with Crippen molar-refractivity contribution in [1.29, 1.82) is 0 Å². The van der Waals surface area contributed by atoms with Crippen LogP contribution in [0, 0.1) is 12.8 Å². The van der Waals surface area contributed by atoms with Gasteiger partial charge in [-0.1, -0.05) is 6.42 Å². The molecule has 1 aromatic rings. The summed E-state index contributed by atoms with van der Waals surface area (Å²) in [6.07, 6.45) is 8.00. The highest BCUT2D eigenvalue weighted by atomic mass is 15.3. The molecule has 26 heavy (non-hydrogen) atoms. The number of likely N-dealkylation sites (tertiary alicyclic amines) is 2. The Morgan fingerprint density at radius 2 is 1.92 bits per heavy atom. The Balaban J connectivity index is 1.36. The normalized spacial score (nSPS) is 25.1. The standard InChI is InChI=1S/C19H33N7/c1-15-22-23-18(24(15)2)12-20-19(21-17-6-7-17)26-11-8-16(14-26)13-25-9-4-3-5-10-25/h16-17H,3-14H2,1-2H3,(H,20,21). The lowest BCUT2D eigenvalue weighted by Gasteiger charge is -2.29. The summed E-state index contributed by atoms with van der Waals surface area (Å²) in [6, 6.07) is 0.621. The summed E-state index contributed by atoms with van der Waals surface area (Å²) in [7, 11) is 2.01. The van der Waals surface area contributed by atoms with Gasteiger partial charge in [-0.15, -0.1) is 10.2 Å². The first kappa shape index (κ1) is 17.8. The Labute approximate surface area is 156 Å². The predicted octanol–water partition coefficient (Wildman–Crippen LogP) is 1.54. The number of hydrogen-bond donors (Lipinski definition) is 1. The smallest absolute Gasteiger partial charge is 0.194 e. The first-order valence-corrected chi connectivity index (χ1v) is 10.3. The molecule has 0 spiro atoms. The van der Waals surface area contributed by atoms with E-state index in [1.54, 1.807) is 0 Å². The zero-order chi connectivity index (χ0) is 17.9. The number of aliphatic imine (C=N–C) groups is 1. The van der Waals surface area contributed by atoms with E-state index < -0.39 is 0 Å². The van der Waals surface area contributed by atoms with Gasteiger partial charge in [0, 0.05) is 32.7 Å². The number of aryl methyl sites for hydroxylation is 1. The van der Waals surface area contributed by atoms with Crippen LogP contribution in [0.5, 0.6) is 0 Å². The first-order chi connectivity index (χ1) is 12.7. The molecule has 1 unspecified atom stereocenters. The first-order valence-electron chi connectivity index (χ1n) is 10.3. The van der Waals surface area contributed by atoms with Gasteiger partial charge in [0.25, 0.3) is 0 Å². The molecule has 1 atom stereocenters. The van der Waals surface area contributed by atoms with Gasteiger partial charge in [-0.2, -0.15) is 0 Å². The summed E-state index contributed by atoms with van der Waals surface area (Å²) in [4.78, 5) is 10.0. The van der Waals surface area contributed by atoms with Gasteiger partial charge < -0.3 is 19.7 Å². The largest absolute Gasteiger partial charge is 0.353 e. The van der Waals surface area contributed by atoms with Gasteiger partial charge in [-0.25, -0.2) is 4.99 Å². The number of hydrogen-bond acceptors (Lipinski definition) is 4. The van der Waals surface area contributed by atoms with E-state index in [4.69, 9.17) is 4.99 Å². The molecule has 3 fully saturated rings. The molecule has 144 valence electrons. The minimum atomic E-state index is 0.597. The van der Waals surface area contributed by atoms with Crippen molar-refractivity contribution >= 4 is 5.96 Å². The van der Waals surface area contributed by atoms with E-state index in [9.17, 15) is 0 Å². The third-order valence-corrected chi connectivity index (χ3v) is 6.01. The fourth-order valence-electron chi connectivity index (χ4n) is 4.06. The maximum Gasteiger partial charge on any atom is 0.194 e. The topological polar surface area (TPSA) is 61.6 Å². The van der Waals surface area contributed by atoms with Crippen LogP contribution in [0.2, 0.25) is 0 Å². The van der Waals surface area contributed by atoms with Crippen LogP contribution in [0.25, 0.3) is 0 Å². The van der Waals surface area contributed by atoms with Gasteiger partial charge in [0.15, 0.2) is 11.8 Å². The van der Waals surface area contributed by atoms with Gasteiger partial charge in [0.1, 0.15) is 12.4 Å². The van der Waals surface area contributed by atoms with Crippen LogP contribution < -0.4 is 5.32 Å². The van der Waals surface area contributed by atoms with Crippen LogP contribution in [0.1, 0.15) is 50.2 Å². The molecule has 0 aromatic carbocycles. The lowest BCUT2D eigenvalue weighted by Crippen LogP contribution is -2.42. The molecule has 0 amide bonds. The van der Waals surface area contributed by atoms with Crippen molar-refractivity contribution in [3.8, 4) is 0 Å². The fourth-order valence-corrected chi connectivity index (χ4v) is 4.06. The molecular weight excluding hydrogens is 326 g/mol. The van der Waals surface area contributed by atoms with E-state index in [0.717, 1.165) is 36.6 Å². The summed E-state index contributed by atoms with van der Waals surface area (Å²) in [6.45, 7) is 8.68. The van der Waals surface area contributed by atoms with Crippen molar-refractivity contribution in [2.45, 2.75) is 58.0 Å². The molecule has 0 radical (unpaired) electrons. The average molecular weight is 360 g/mol. The summed E-state index contributed by atoms with van der Waals surface area (Å²) >= 11 is 0. The monoisotopic (exact) mass is 359 g/mol. The van der Waals surface area contributed by atoms with Crippen molar-refractivity contribution in [3.05, 3.63) is 11.6 Å². The Morgan fingerprint density at radius 1 is 1.12 bits per heavy atom. The fraction of sp³-hybridized carbons (Fsp3) is 0.842. The SMILES string of the molecule is Cc1nnc(CN=C(NC2CC2)N2CCC(CN3CCCCC3)C2)n1C. The number of nitrogens with zero attached hydrogens (tertiary/aromatic N) is 6. The van der Waals surface area contributed by atoms with Crippen LogP contribution in [-0.2, 0) is 13.6 Å². The maximum absolute atomic E-state index is 4.91. The molecule has 3 heterocycles. The third-order valence-electron chi connectivity index (χ3n) is 6.01. The molecule has 7 heteroatoms. The average Bonchev–Trinajstić information content (AvgIpc) is 3.27. The van der Waals surface area contributed by atoms with Crippen LogP contribution in [-0.4, -0.2) is 69.3 Å². The molecule has 1 aromatic heterocycles. The molecule has 2 aliphatic heterocycles. The number of piperidine rings is 1. The molecule has 7 nitrogen and oxygen atoms in total. The third kappa shape index (κ3) is 4.37. The van der Waals surface area contributed by atoms with E-state index in [2.05, 4.69) is 25.3 Å².